The van der Waals surface area contributed by atoms with E-state index in [4.69, 9.17) is 5.84 Å². The van der Waals surface area contributed by atoms with Gasteiger partial charge in [0.05, 0.1) is 11.2 Å². The Kier molecular flexibility index (Phi) is 4.55. The number of fused-ring (bicyclic) bond motifs is 1. The number of aryl methyl sites for hydroxylation is 1. The van der Waals surface area contributed by atoms with E-state index in [9.17, 15) is 0 Å². The van der Waals surface area contributed by atoms with Gasteiger partial charge in [0, 0.05) is 20.0 Å². The molecule has 0 fully saturated rings. The van der Waals surface area contributed by atoms with E-state index >= 15 is 0 Å². The average molecular weight is 367 g/mol. The second-order valence-corrected chi connectivity index (χ2v) is 5.01. The lowest BCUT2D eigenvalue weighted by Gasteiger charge is -2.08. The molecule has 2 aromatic rings. The molecule has 0 bridgehead atoms. The van der Waals surface area contributed by atoms with Crippen molar-refractivity contribution < 1.29 is 0 Å². The molecule has 0 aliphatic carbocycles. The molecule has 0 aliphatic heterocycles. The van der Waals surface area contributed by atoms with Crippen LogP contribution in [0.4, 0.5) is 5.69 Å². The molecule has 2 rings (SSSR count). The summed E-state index contributed by atoms with van der Waals surface area (Å²) in [5.41, 5.74) is 5.40. The standard InChI is InChI=1S/C10H9Br2N3.ClH/c1-5-2-9(15-13)7-3-6(11)4-8(12)10(7)14-5;/h2-4H,13H2,1H3,(H,14,15);1H. The molecule has 1 heterocycles. The second-order valence-electron chi connectivity index (χ2n) is 3.24. The zero-order chi connectivity index (χ0) is 11.0. The number of hydrogen-bond acceptors (Lipinski definition) is 3. The van der Waals surface area contributed by atoms with Gasteiger partial charge in [0.1, 0.15) is 0 Å². The molecule has 0 radical (unpaired) electrons. The second kappa shape index (κ2) is 5.31. The van der Waals surface area contributed by atoms with Gasteiger partial charge in [0.2, 0.25) is 0 Å². The number of nitrogens with one attached hydrogen (secondary N) is 1. The lowest BCUT2D eigenvalue weighted by atomic mass is 10.1. The van der Waals surface area contributed by atoms with Gasteiger partial charge < -0.3 is 5.43 Å². The van der Waals surface area contributed by atoms with Crippen LogP contribution in [-0.2, 0) is 0 Å². The van der Waals surface area contributed by atoms with Gasteiger partial charge in [-0.25, -0.2) is 0 Å². The molecule has 0 amide bonds. The first-order valence-electron chi connectivity index (χ1n) is 4.35. The molecule has 3 N–H and O–H groups in total. The highest BCUT2D eigenvalue weighted by atomic mass is 79.9. The molecule has 86 valence electrons. The molecule has 6 heteroatoms. The van der Waals surface area contributed by atoms with Crippen LogP contribution < -0.4 is 11.3 Å². The molecular formula is C10H10Br2ClN3. The third-order valence-corrected chi connectivity index (χ3v) is 3.18. The molecule has 1 aromatic carbocycles. The number of pyridine rings is 1. The maximum absolute atomic E-state index is 5.48. The molecule has 0 saturated heterocycles. The van der Waals surface area contributed by atoms with Gasteiger partial charge in [0.25, 0.3) is 0 Å². The van der Waals surface area contributed by atoms with E-state index in [0.29, 0.717) is 0 Å². The summed E-state index contributed by atoms with van der Waals surface area (Å²) in [7, 11) is 0. The summed E-state index contributed by atoms with van der Waals surface area (Å²) >= 11 is 6.92. The Morgan fingerprint density at radius 3 is 2.56 bits per heavy atom. The Hall–Kier alpha value is -0.360. The van der Waals surface area contributed by atoms with Gasteiger partial charge >= 0.3 is 0 Å². The first kappa shape index (κ1) is 13.7. The topological polar surface area (TPSA) is 50.9 Å². The number of nitrogens with two attached hydrogens (primary N) is 1. The number of hydrazine groups is 1. The van der Waals surface area contributed by atoms with Crippen molar-refractivity contribution in [2.24, 2.45) is 5.84 Å². The molecule has 1 aromatic heterocycles. The fourth-order valence-corrected chi connectivity index (χ4v) is 2.81. The van der Waals surface area contributed by atoms with E-state index in [0.717, 1.165) is 31.2 Å². The Morgan fingerprint density at radius 2 is 1.94 bits per heavy atom. The predicted molar refractivity (Wildman–Crippen MR) is 76.9 cm³/mol. The number of nitrogens with zero attached hydrogens (tertiary/aromatic N) is 1. The normalized spacial score (nSPS) is 10.0. The molecule has 0 saturated carbocycles. The highest BCUT2D eigenvalue weighted by Crippen LogP contribution is 2.31. The predicted octanol–water partition coefficient (Wildman–Crippen LogP) is 3.78. The van der Waals surface area contributed by atoms with Gasteiger partial charge in [-0.1, -0.05) is 15.9 Å². The highest BCUT2D eigenvalue weighted by molar-refractivity contribution is 9.11. The van der Waals surface area contributed by atoms with Crippen molar-refractivity contribution in [3.05, 3.63) is 32.8 Å². The van der Waals surface area contributed by atoms with E-state index in [2.05, 4.69) is 42.3 Å². The molecule has 0 unspecified atom stereocenters. The van der Waals surface area contributed by atoms with Crippen molar-refractivity contribution >= 4 is 60.9 Å². The summed E-state index contributed by atoms with van der Waals surface area (Å²) in [5, 5.41) is 0.990. The summed E-state index contributed by atoms with van der Waals surface area (Å²) in [6.45, 7) is 1.94. The van der Waals surface area contributed by atoms with Crippen molar-refractivity contribution in [2.45, 2.75) is 6.92 Å². The fraction of sp³-hybridized carbons (Fsp3) is 0.100. The van der Waals surface area contributed by atoms with Crippen LogP contribution in [0, 0.1) is 6.92 Å². The van der Waals surface area contributed by atoms with Gasteiger partial charge in [-0.3, -0.25) is 10.8 Å². The maximum Gasteiger partial charge on any atom is 0.0869 e. The van der Waals surface area contributed by atoms with Crippen LogP contribution in [0.5, 0.6) is 0 Å². The largest absolute Gasteiger partial charge is 0.323 e. The molecule has 0 atom stereocenters. The summed E-state index contributed by atoms with van der Waals surface area (Å²) in [6.07, 6.45) is 0. The van der Waals surface area contributed by atoms with Crippen LogP contribution in [0.25, 0.3) is 10.9 Å². The number of halogens is 3. The first-order chi connectivity index (χ1) is 7.11. The summed E-state index contributed by atoms with van der Waals surface area (Å²) in [4.78, 5) is 4.46. The Labute approximate surface area is 116 Å². The van der Waals surface area contributed by atoms with Gasteiger partial charge in [-0.2, -0.15) is 0 Å². The average Bonchev–Trinajstić information content (AvgIpc) is 2.18. The van der Waals surface area contributed by atoms with Crippen molar-refractivity contribution in [1.82, 2.24) is 4.98 Å². The number of benzene rings is 1. The fourth-order valence-electron chi connectivity index (χ4n) is 1.50. The minimum Gasteiger partial charge on any atom is -0.323 e. The van der Waals surface area contributed by atoms with Crippen molar-refractivity contribution in [3.8, 4) is 0 Å². The van der Waals surface area contributed by atoms with Crippen molar-refractivity contribution in [1.29, 1.82) is 0 Å². The molecule has 16 heavy (non-hydrogen) atoms. The first-order valence-corrected chi connectivity index (χ1v) is 5.93. The lowest BCUT2D eigenvalue weighted by molar-refractivity contribution is 1.23. The van der Waals surface area contributed by atoms with E-state index < -0.39 is 0 Å². The number of rotatable bonds is 1. The van der Waals surface area contributed by atoms with E-state index in [1.807, 2.05) is 25.1 Å². The van der Waals surface area contributed by atoms with Crippen LogP contribution in [-0.4, -0.2) is 4.98 Å². The van der Waals surface area contributed by atoms with Crippen LogP contribution in [0.1, 0.15) is 5.69 Å². The number of aromatic nitrogens is 1. The summed E-state index contributed by atoms with van der Waals surface area (Å²) in [6, 6.07) is 5.87. The van der Waals surface area contributed by atoms with Crippen LogP contribution in [0.2, 0.25) is 0 Å². The number of anilines is 1. The van der Waals surface area contributed by atoms with Crippen molar-refractivity contribution in [2.75, 3.05) is 5.43 Å². The van der Waals surface area contributed by atoms with Crippen LogP contribution in [0.3, 0.4) is 0 Å². The SMILES string of the molecule is Cc1cc(NN)c2cc(Br)cc(Br)c2n1.Cl. The van der Waals surface area contributed by atoms with E-state index in [1.54, 1.807) is 0 Å². The smallest absolute Gasteiger partial charge is 0.0869 e. The minimum absolute atomic E-state index is 0. The Bertz CT molecular complexity index is 531. The number of nitrogen functional groups attached to an aromatic ring is 1. The van der Waals surface area contributed by atoms with Crippen molar-refractivity contribution in [3.63, 3.8) is 0 Å². The molecule has 3 nitrogen and oxygen atoms in total. The third kappa shape index (κ3) is 2.48. The summed E-state index contributed by atoms with van der Waals surface area (Å²) in [5.74, 6) is 5.48. The number of hydrogen-bond donors (Lipinski definition) is 2. The maximum atomic E-state index is 5.48. The molecule has 0 aliphatic rings. The van der Waals surface area contributed by atoms with E-state index in [-0.39, 0.29) is 12.4 Å². The van der Waals surface area contributed by atoms with Crippen LogP contribution >= 0.6 is 44.3 Å². The monoisotopic (exact) mass is 365 g/mol. The molecular weight excluding hydrogens is 357 g/mol. The van der Waals surface area contributed by atoms with Crippen LogP contribution in [0.15, 0.2) is 27.1 Å². The summed E-state index contributed by atoms with van der Waals surface area (Å²) < 4.78 is 1.94. The van der Waals surface area contributed by atoms with Gasteiger partial charge in [-0.05, 0) is 41.1 Å². The third-order valence-electron chi connectivity index (χ3n) is 2.12. The van der Waals surface area contributed by atoms with Gasteiger partial charge in [-0.15, -0.1) is 12.4 Å². The molecule has 0 spiro atoms. The lowest BCUT2D eigenvalue weighted by Crippen LogP contribution is -2.08. The minimum atomic E-state index is 0. The quantitative estimate of drug-likeness (QED) is 0.596. The zero-order valence-corrected chi connectivity index (χ0v) is 12.4. The zero-order valence-electron chi connectivity index (χ0n) is 8.42. The van der Waals surface area contributed by atoms with Gasteiger partial charge in [0.15, 0.2) is 0 Å². The van der Waals surface area contributed by atoms with E-state index in [1.165, 1.54) is 0 Å². The highest BCUT2D eigenvalue weighted by Gasteiger charge is 2.07. The Morgan fingerprint density at radius 1 is 1.25 bits per heavy atom. The Balaban J connectivity index is 0.00000128.